The molecule has 0 bridgehead atoms. The fourth-order valence-electron chi connectivity index (χ4n) is 1.86. The first kappa shape index (κ1) is 17.2. The lowest BCUT2D eigenvalue weighted by molar-refractivity contribution is -0.152. The highest BCUT2D eigenvalue weighted by Gasteiger charge is 2.33. The Balaban J connectivity index is 0.00000289. The molecule has 0 atom stereocenters. The normalized spacial score (nSPS) is 16.6. The maximum Gasteiger partial charge on any atom is 0.331 e. The van der Waals surface area contributed by atoms with Crippen molar-refractivity contribution in [1.29, 1.82) is 0 Å². The van der Waals surface area contributed by atoms with Gasteiger partial charge in [-0.2, -0.15) is 0 Å². The monoisotopic (exact) mass is 278 g/mol. The van der Waals surface area contributed by atoms with E-state index in [-0.39, 0.29) is 30.2 Å². The van der Waals surface area contributed by atoms with Crippen molar-refractivity contribution in [3.8, 4) is 0 Å². The predicted molar refractivity (Wildman–Crippen MR) is 71.7 cm³/mol. The average molecular weight is 279 g/mol. The Bertz CT molecular complexity index is 289. The maximum atomic E-state index is 12.0. The number of esters is 1. The van der Waals surface area contributed by atoms with Gasteiger partial charge in [0.2, 0.25) is 5.91 Å². The van der Waals surface area contributed by atoms with Crippen LogP contribution in [0.4, 0.5) is 0 Å². The van der Waals surface area contributed by atoms with Crippen molar-refractivity contribution in [2.75, 3.05) is 19.7 Å². The van der Waals surface area contributed by atoms with Crippen molar-refractivity contribution in [3.63, 3.8) is 0 Å². The fraction of sp³-hybridized carbons (Fsp3) is 0.833. The second kappa shape index (κ2) is 7.59. The first-order valence-electron chi connectivity index (χ1n) is 6.17. The van der Waals surface area contributed by atoms with E-state index < -0.39 is 5.54 Å². The van der Waals surface area contributed by atoms with E-state index >= 15 is 0 Å². The van der Waals surface area contributed by atoms with E-state index in [1.165, 1.54) is 0 Å². The Labute approximate surface area is 114 Å². The third kappa shape index (κ3) is 4.82. The number of carbonyl (C=O) groups is 2. The van der Waals surface area contributed by atoms with Gasteiger partial charge in [0.1, 0.15) is 5.54 Å². The predicted octanol–water partition coefficient (Wildman–Crippen LogP) is 0.866. The lowest BCUT2D eigenvalue weighted by Crippen LogP contribution is -2.53. The molecule has 0 unspecified atom stereocenters. The number of ether oxygens (including phenoxy) is 1. The Kier molecular flexibility index (Phi) is 7.25. The molecule has 0 aromatic heterocycles. The van der Waals surface area contributed by atoms with Gasteiger partial charge in [-0.05, 0) is 46.7 Å². The molecule has 2 N–H and O–H groups in total. The number of amides is 1. The van der Waals surface area contributed by atoms with Crippen LogP contribution < -0.4 is 10.6 Å². The topological polar surface area (TPSA) is 67.4 Å². The quantitative estimate of drug-likeness (QED) is 0.749. The zero-order valence-electron chi connectivity index (χ0n) is 11.2. The second-order valence-corrected chi connectivity index (χ2v) is 4.86. The Morgan fingerprint density at radius 3 is 2.39 bits per heavy atom. The standard InChI is InChI=1S/C12H22N2O3.ClH/c1-4-17-11(16)12(2,3)14-10(15)9-5-7-13-8-6-9;/h9,13H,4-8H2,1-3H3,(H,14,15);1H. The molecule has 106 valence electrons. The van der Waals surface area contributed by atoms with Crippen LogP contribution in [0.2, 0.25) is 0 Å². The van der Waals surface area contributed by atoms with E-state index in [0.29, 0.717) is 6.61 Å². The number of hydrogen-bond donors (Lipinski definition) is 2. The van der Waals surface area contributed by atoms with Crippen molar-refractivity contribution in [1.82, 2.24) is 10.6 Å². The highest BCUT2D eigenvalue weighted by molar-refractivity contribution is 5.88. The van der Waals surface area contributed by atoms with E-state index in [9.17, 15) is 9.59 Å². The summed E-state index contributed by atoms with van der Waals surface area (Å²) in [5.41, 5.74) is -0.946. The maximum absolute atomic E-state index is 12.0. The Morgan fingerprint density at radius 1 is 1.33 bits per heavy atom. The van der Waals surface area contributed by atoms with Gasteiger partial charge in [0.15, 0.2) is 0 Å². The van der Waals surface area contributed by atoms with Crippen LogP contribution in [0, 0.1) is 5.92 Å². The molecule has 5 nitrogen and oxygen atoms in total. The molecule has 1 fully saturated rings. The summed E-state index contributed by atoms with van der Waals surface area (Å²) < 4.78 is 4.93. The van der Waals surface area contributed by atoms with Crippen molar-refractivity contribution in [2.24, 2.45) is 5.92 Å². The van der Waals surface area contributed by atoms with Crippen LogP contribution in [0.15, 0.2) is 0 Å². The first-order valence-corrected chi connectivity index (χ1v) is 6.17. The van der Waals surface area contributed by atoms with Crippen LogP contribution in [0.25, 0.3) is 0 Å². The van der Waals surface area contributed by atoms with E-state index in [2.05, 4.69) is 10.6 Å². The molecule has 0 radical (unpaired) electrons. The van der Waals surface area contributed by atoms with Gasteiger partial charge in [-0.3, -0.25) is 4.79 Å². The van der Waals surface area contributed by atoms with E-state index in [0.717, 1.165) is 25.9 Å². The van der Waals surface area contributed by atoms with Gasteiger partial charge in [-0.25, -0.2) is 4.79 Å². The zero-order valence-corrected chi connectivity index (χ0v) is 12.1. The molecule has 0 aromatic carbocycles. The fourth-order valence-corrected chi connectivity index (χ4v) is 1.86. The molecule has 0 saturated carbocycles. The Morgan fingerprint density at radius 2 is 1.89 bits per heavy atom. The third-order valence-corrected chi connectivity index (χ3v) is 2.93. The van der Waals surface area contributed by atoms with Gasteiger partial charge in [-0.1, -0.05) is 0 Å². The average Bonchev–Trinajstić information content (AvgIpc) is 2.30. The van der Waals surface area contributed by atoms with Crippen molar-refractivity contribution >= 4 is 24.3 Å². The van der Waals surface area contributed by atoms with E-state index in [1.54, 1.807) is 20.8 Å². The van der Waals surface area contributed by atoms with Gasteiger partial charge in [0.25, 0.3) is 0 Å². The summed E-state index contributed by atoms with van der Waals surface area (Å²) in [6, 6.07) is 0. The summed E-state index contributed by atoms with van der Waals surface area (Å²) in [6.07, 6.45) is 1.65. The summed E-state index contributed by atoms with van der Waals surface area (Å²) >= 11 is 0. The summed E-state index contributed by atoms with van der Waals surface area (Å²) in [7, 11) is 0. The molecule has 0 aliphatic carbocycles. The highest BCUT2D eigenvalue weighted by atomic mass is 35.5. The molecule has 1 saturated heterocycles. The van der Waals surface area contributed by atoms with Crippen molar-refractivity contribution in [3.05, 3.63) is 0 Å². The molecule has 6 heteroatoms. The number of carbonyl (C=O) groups excluding carboxylic acids is 2. The molecule has 0 aromatic rings. The number of hydrogen-bond acceptors (Lipinski definition) is 4. The first-order chi connectivity index (χ1) is 7.97. The SMILES string of the molecule is CCOC(=O)C(C)(C)NC(=O)C1CCNCC1.Cl. The molecule has 0 spiro atoms. The highest BCUT2D eigenvalue weighted by Crippen LogP contribution is 2.14. The molecule has 1 amide bonds. The van der Waals surface area contributed by atoms with E-state index in [4.69, 9.17) is 4.74 Å². The molecule has 18 heavy (non-hydrogen) atoms. The number of halogens is 1. The van der Waals surface area contributed by atoms with Crippen LogP contribution in [-0.4, -0.2) is 37.1 Å². The van der Waals surface area contributed by atoms with Crippen molar-refractivity contribution < 1.29 is 14.3 Å². The summed E-state index contributed by atoms with van der Waals surface area (Å²) in [6.45, 7) is 7.14. The number of rotatable bonds is 4. The molecule has 1 rings (SSSR count). The molecular weight excluding hydrogens is 256 g/mol. The van der Waals surface area contributed by atoms with Crippen molar-refractivity contribution in [2.45, 2.75) is 39.2 Å². The lowest BCUT2D eigenvalue weighted by Gasteiger charge is -2.28. The minimum Gasteiger partial charge on any atom is -0.464 e. The number of piperidine rings is 1. The lowest BCUT2D eigenvalue weighted by atomic mass is 9.95. The second-order valence-electron chi connectivity index (χ2n) is 4.86. The summed E-state index contributed by atoms with van der Waals surface area (Å²) in [4.78, 5) is 23.6. The minimum absolute atomic E-state index is 0. The largest absolute Gasteiger partial charge is 0.464 e. The van der Waals surface area contributed by atoms with E-state index in [1.807, 2.05) is 0 Å². The smallest absolute Gasteiger partial charge is 0.331 e. The van der Waals surface area contributed by atoms with Gasteiger partial charge in [0.05, 0.1) is 6.61 Å². The van der Waals surface area contributed by atoms with Crippen LogP contribution in [0.3, 0.4) is 0 Å². The molecular formula is C12H23ClN2O3. The molecule has 1 aliphatic rings. The van der Waals surface area contributed by atoms with Crippen LogP contribution in [0.1, 0.15) is 33.6 Å². The summed E-state index contributed by atoms with van der Waals surface area (Å²) in [5.74, 6) is -0.434. The molecule has 1 aliphatic heterocycles. The van der Waals surface area contributed by atoms with Gasteiger partial charge >= 0.3 is 5.97 Å². The minimum atomic E-state index is -0.946. The van der Waals surface area contributed by atoms with Gasteiger partial charge in [-0.15, -0.1) is 12.4 Å². The summed E-state index contributed by atoms with van der Waals surface area (Å²) in [5, 5.41) is 5.97. The Hall–Kier alpha value is -0.810. The zero-order chi connectivity index (χ0) is 12.9. The molecule has 1 heterocycles. The van der Waals surface area contributed by atoms with Crippen LogP contribution in [0.5, 0.6) is 0 Å². The number of nitrogens with one attached hydrogen (secondary N) is 2. The van der Waals surface area contributed by atoms with Crippen LogP contribution >= 0.6 is 12.4 Å². The van der Waals surface area contributed by atoms with Crippen LogP contribution in [-0.2, 0) is 14.3 Å². The van der Waals surface area contributed by atoms with Gasteiger partial charge in [0, 0.05) is 5.92 Å². The van der Waals surface area contributed by atoms with Gasteiger partial charge < -0.3 is 15.4 Å². The third-order valence-electron chi connectivity index (χ3n) is 2.93.